The van der Waals surface area contributed by atoms with Gasteiger partial charge in [-0.3, -0.25) is 28.8 Å². The fourth-order valence-electron chi connectivity index (χ4n) is 4.62. The van der Waals surface area contributed by atoms with E-state index in [1.807, 2.05) is 0 Å². The van der Waals surface area contributed by atoms with Crippen LogP contribution in [-0.2, 0) is 33.6 Å². The molecule has 8 N–H and O–H groups in total. The average molecular weight is 627 g/mol. The van der Waals surface area contributed by atoms with Crippen LogP contribution in [0.25, 0.3) is 0 Å². The zero-order chi connectivity index (χ0) is 33.7. The summed E-state index contributed by atoms with van der Waals surface area (Å²) in [6.07, 6.45) is 0.702. The highest BCUT2D eigenvalue weighted by molar-refractivity contribution is 5.98. The summed E-state index contributed by atoms with van der Waals surface area (Å²) in [5, 5.41) is 28.6. The number of nitrogens with one attached hydrogen (secondary N) is 4. The predicted molar refractivity (Wildman–Crippen MR) is 160 cm³/mol. The zero-order valence-electron chi connectivity index (χ0n) is 26.6. The molecule has 0 aromatic carbocycles. The van der Waals surface area contributed by atoms with Crippen LogP contribution in [0.1, 0.15) is 80.1 Å². The number of carbonyl (C=O) groups is 7. The summed E-state index contributed by atoms with van der Waals surface area (Å²) in [6.45, 7) is 11.4. The largest absolute Gasteiger partial charge is 0.481 e. The minimum absolute atomic E-state index is 0.0566. The molecule has 1 heterocycles. The summed E-state index contributed by atoms with van der Waals surface area (Å²) < 4.78 is 0. The van der Waals surface area contributed by atoms with Gasteiger partial charge in [-0.2, -0.15) is 0 Å². The number of carboxylic acid groups (broad SMARTS) is 2. The van der Waals surface area contributed by atoms with E-state index in [-0.39, 0.29) is 18.3 Å². The summed E-state index contributed by atoms with van der Waals surface area (Å²) in [7, 11) is 0. The van der Waals surface area contributed by atoms with E-state index in [4.69, 9.17) is 5.73 Å². The van der Waals surface area contributed by atoms with Crippen LogP contribution in [0.4, 0.5) is 0 Å². The molecule has 0 aromatic heterocycles. The third kappa shape index (κ3) is 12.5. The highest BCUT2D eigenvalue weighted by Crippen LogP contribution is 2.14. The molecule has 1 fully saturated rings. The van der Waals surface area contributed by atoms with Crippen LogP contribution >= 0.6 is 0 Å². The van der Waals surface area contributed by atoms with Crippen molar-refractivity contribution < 1.29 is 43.8 Å². The summed E-state index contributed by atoms with van der Waals surface area (Å²) in [5.41, 5.74) is 5.96. The van der Waals surface area contributed by atoms with Gasteiger partial charge in [0.2, 0.25) is 29.5 Å². The highest BCUT2D eigenvalue weighted by atomic mass is 16.4. The molecule has 0 aromatic rings. The number of nitrogens with two attached hydrogens (primary N) is 1. The van der Waals surface area contributed by atoms with Gasteiger partial charge in [-0.05, 0) is 37.0 Å². The Kier molecular flexibility index (Phi) is 15.8. The number of hydrogen-bond donors (Lipinski definition) is 7. The Hall–Kier alpha value is -3.75. The second-order valence-corrected chi connectivity index (χ2v) is 12.2. The SMILES string of the molecule is CC[C@H](C)[C@H](NC(=O)[C@@H](N)C(C)C)C(=O)N[C@@H](CC(=O)N1CCCC1)C(=O)N[C@@H](CC(=O)O)C(=O)N[C@@H](CC(C)C)C(=O)O. The van der Waals surface area contributed by atoms with E-state index in [2.05, 4.69) is 21.3 Å². The monoisotopic (exact) mass is 626 g/mol. The molecule has 0 saturated carbocycles. The molecule has 15 nitrogen and oxygen atoms in total. The van der Waals surface area contributed by atoms with Gasteiger partial charge in [0.1, 0.15) is 24.2 Å². The first-order valence-corrected chi connectivity index (χ1v) is 15.2. The second-order valence-electron chi connectivity index (χ2n) is 12.2. The van der Waals surface area contributed by atoms with Gasteiger partial charge >= 0.3 is 11.9 Å². The van der Waals surface area contributed by atoms with Crippen molar-refractivity contribution in [2.24, 2.45) is 23.5 Å². The smallest absolute Gasteiger partial charge is 0.326 e. The number of rotatable bonds is 18. The van der Waals surface area contributed by atoms with Crippen LogP contribution in [0.15, 0.2) is 0 Å². The Bertz CT molecular complexity index is 1040. The van der Waals surface area contributed by atoms with E-state index in [9.17, 15) is 43.8 Å². The first-order valence-electron chi connectivity index (χ1n) is 15.2. The van der Waals surface area contributed by atoms with Crippen LogP contribution < -0.4 is 27.0 Å². The molecule has 0 radical (unpaired) electrons. The first kappa shape index (κ1) is 38.3. The Morgan fingerprint density at radius 3 is 1.68 bits per heavy atom. The van der Waals surface area contributed by atoms with Crippen LogP contribution in [0.2, 0.25) is 0 Å². The van der Waals surface area contributed by atoms with Gasteiger partial charge in [-0.25, -0.2) is 4.79 Å². The van der Waals surface area contributed by atoms with Crippen molar-refractivity contribution in [3.05, 3.63) is 0 Å². The van der Waals surface area contributed by atoms with Crippen LogP contribution in [0.5, 0.6) is 0 Å². The summed E-state index contributed by atoms with van der Waals surface area (Å²) in [6, 6.07) is -6.58. The lowest BCUT2D eigenvalue weighted by Gasteiger charge is -2.29. The topological polar surface area (TPSA) is 237 Å². The van der Waals surface area contributed by atoms with E-state index in [0.717, 1.165) is 12.8 Å². The van der Waals surface area contributed by atoms with Crippen molar-refractivity contribution in [3.8, 4) is 0 Å². The van der Waals surface area contributed by atoms with Gasteiger partial charge in [-0.15, -0.1) is 0 Å². The lowest BCUT2D eigenvalue weighted by Crippen LogP contribution is -2.60. The van der Waals surface area contributed by atoms with Crippen LogP contribution in [0.3, 0.4) is 0 Å². The Labute approximate surface area is 258 Å². The predicted octanol–water partition coefficient (Wildman–Crippen LogP) is -0.427. The molecule has 5 amide bonds. The van der Waals surface area contributed by atoms with Crippen molar-refractivity contribution in [2.75, 3.05) is 13.1 Å². The molecule has 250 valence electrons. The van der Waals surface area contributed by atoms with Crippen LogP contribution in [-0.4, -0.2) is 99.9 Å². The highest BCUT2D eigenvalue weighted by Gasteiger charge is 2.36. The van der Waals surface area contributed by atoms with Crippen molar-refractivity contribution >= 4 is 41.5 Å². The van der Waals surface area contributed by atoms with Gasteiger partial charge < -0.3 is 42.1 Å². The van der Waals surface area contributed by atoms with Crippen molar-refractivity contribution in [1.29, 1.82) is 0 Å². The average Bonchev–Trinajstić information content (AvgIpc) is 3.48. The molecule has 0 bridgehead atoms. The van der Waals surface area contributed by atoms with E-state index in [1.54, 1.807) is 41.5 Å². The number of aliphatic carboxylic acids is 2. The summed E-state index contributed by atoms with van der Waals surface area (Å²) in [4.78, 5) is 90.5. The van der Waals surface area contributed by atoms with Crippen molar-refractivity contribution in [1.82, 2.24) is 26.2 Å². The third-order valence-corrected chi connectivity index (χ3v) is 7.62. The maximum atomic E-state index is 13.5. The molecular formula is C29H50N6O9. The molecule has 1 aliphatic rings. The van der Waals surface area contributed by atoms with Gasteiger partial charge in [0.15, 0.2) is 0 Å². The number of carbonyl (C=O) groups excluding carboxylic acids is 5. The number of carboxylic acids is 2. The third-order valence-electron chi connectivity index (χ3n) is 7.62. The van der Waals surface area contributed by atoms with Gasteiger partial charge in [0.25, 0.3) is 0 Å². The molecule has 1 rings (SSSR count). The summed E-state index contributed by atoms with van der Waals surface area (Å²) in [5.74, 6) is -7.33. The standard InChI is InChI=1S/C29H50N6O9/c1-7-17(6)24(34-27(41)23(30)16(4)5)28(42)32-18(13-21(36)35-10-8-9-11-35)25(39)31-19(14-22(37)38)26(40)33-20(29(43)44)12-15(2)3/h15-20,23-24H,7-14,30H2,1-6H3,(H,31,39)(H,32,42)(H,33,40)(H,34,41)(H,37,38)(H,43,44)/t17-,18-,19-,20-,23-,24-/m0/s1. The van der Waals surface area contributed by atoms with Gasteiger partial charge in [0, 0.05) is 13.1 Å². The maximum absolute atomic E-state index is 13.5. The fraction of sp³-hybridized carbons (Fsp3) is 0.759. The normalized spacial score (nSPS) is 17.2. The Morgan fingerprint density at radius 1 is 0.727 bits per heavy atom. The van der Waals surface area contributed by atoms with E-state index in [1.165, 1.54) is 4.90 Å². The Balaban J connectivity index is 3.29. The number of likely N-dealkylation sites (tertiary alicyclic amines) is 1. The molecule has 0 unspecified atom stereocenters. The van der Waals surface area contributed by atoms with E-state index >= 15 is 0 Å². The first-order chi connectivity index (χ1) is 20.5. The number of hydrogen-bond acceptors (Lipinski definition) is 8. The number of nitrogens with zero attached hydrogens (tertiary/aromatic N) is 1. The van der Waals surface area contributed by atoms with E-state index < -0.39 is 90.4 Å². The second kappa shape index (κ2) is 18.1. The van der Waals surface area contributed by atoms with Crippen molar-refractivity contribution in [2.45, 2.75) is 110 Å². The molecule has 1 saturated heterocycles. The minimum Gasteiger partial charge on any atom is -0.481 e. The zero-order valence-corrected chi connectivity index (χ0v) is 26.6. The minimum atomic E-state index is -1.70. The molecule has 6 atom stereocenters. The number of amides is 5. The molecule has 15 heteroatoms. The lowest BCUT2D eigenvalue weighted by atomic mass is 9.96. The lowest BCUT2D eigenvalue weighted by molar-refractivity contribution is -0.144. The summed E-state index contributed by atoms with van der Waals surface area (Å²) >= 11 is 0. The molecule has 0 spiro atoms. The quantitative estimate of drug-likeness (QED) is 0.104. The van der Waals surface area contributed by atoms with E-state index in [0.29, 0.717) is 19.5 Å². The molecule has 1 aliphatic heterocycles. The molecule has 0 aliphatic carbocycles. The van der Waals surface area contributed by atoms with Gasteiger partial charge in [0.05, 0.1) is 18.9 Å². The van der Waals surface area contributed by atoms with Crippen LogP contribution in [0, 0.1) is 17.8 Å². The van der Waals surface area contributed by atoms with Crippen molar-refractivity contribution in [3.63, 3.8) is 0 Å². The molecular weight excluding hydrogens is 576 g/mol. The van der Waals surface area contributed by atoms with Gasteiger partial charge in [-0.1, -0.05) is 48.0 Å². The fourth-order valence-corrected chi connectivity index (χ4v) is 4.62. The molecule has 44 heavy (non-hydrogen) atoms. The Morgan fingerprint density at radius 2 is 1.23 bits per heavy atom. The maximum Gasteiger partial charge on any atom is 0.326 e.